The van der Waals surface area contributed by atoms with Crippen molar-refractivity contribution in [3.8, 4) is 33.4 Å². The average molecular weight is 792 g/mol. The van der Waals surface area contributed by atoms with E-state index in [1.165, 1.54) is 99.6 Å². The highest BCUT2D eigenvalue weighted by atomic mass is 32.1. The zero-order valence-corrected chi connectivity index (χ0v) is 33.7. The molecule has 9 aromatic carbocycles. The summed E-state index contributed by atoms with van der Waals surface area (Å²) in [5, 5.41) is 7.71. The molecular formula is C54H33NS3. The van der Waals surface area contributed by atoms with Crippen molar-refractivity contribution in [2.75, 3.05) is 4.90 Å². The molecule has 0 amide bonds. The van der Waals surface area contributed by atoms with Gasteiger partial charge < -0.3 is 4.90 Å². The average Bonchev–Trinajstić information content (AvgIpc) is 3.98. The van der Waals surface area contributed by atoms with Crippen LogP contribution in [0, 0.1) is 0 Å². The number of hydrogen-bond acceptors (Lipinski definition) is 4. The monoisotopic (exact) mass is 791 g/mol. The summed E-state index contributed by atoms with van der Waals surface area (Å²) in [4.78, 5) is 2.52. The van der Waals surface area contributed by atoms with Gasteiger partial charge in [-0.15, -0.1) is 34.0 Å². The van der Waals surface area contributed by atoms with Crippen LogP contribution in [0.2, 0.25) is 0 Å². The molecule has 4 heteroatoms. The first-order valence-electron chi connectivity index (χ1n) is 19.6. The van der Waals surface area contributed by atoms with Crippen molar-refractivity contribution in [1.29, 1.82) is 0 Å². The van der Waals surface area contributed by atoms with E-state index < -0.39 is 0 Å². The van der Waals surface area contributed by atoms with Crippen LogP contribution in [0.15, 0.2) is 200 Å². The molecule has 0 radical (unpaired) electrons. The zero-order valence-electron chi connectivity index (χ0n) is 31.2. The van der Waals surface area contributed by atoms with Gasteiger partial charge in [0.25, 0.3) is 0 Å². The second-order valence-corrected chi connectivity index (χ2v) is 18.0. The van der Waals surface area contributed by atoms with E-state index in [1.54, 1.807) is 0 Å². The maximum atomic E-state index is 2.52. The summed E-state index contributed by atoms with van der Waals surface area (Å²) in [7, 11) is 0. The van der Waals surface area contributed by atoms with Gasteiger partial charge in [-0.1, -0.05) is 146 Å². The summed E-state index contributed by atoms with van der Waals surface area (Å²) >= 11 is 5.66. The predicted octanol–water partition coefficient (Wildman–Crippen LogP) is 17.3. The zero-order chi connectivity index (χ0) is 38.2. The van der Waals surface area contributed by atoms with Gasteiger partial charge in [0.1, 0.15) is 0 Å². The van der Waals surface area contributed by atoms with E-state index in [-0.39, 0.29) is 0 Å². The van der Waals surface area contributed by atoms with Crippen LogP contribution in [0.3, 0.4) is 0 Å². The highest BCUT2D eigenvalue weighted by molar-refractivity contribution is 7.27. The molecule has 0 aliphatic rings. The SMILES string of the molecule is c1ccc(-c2ccc3c(c2)sc2c(-c4ccccc4)ccc(N(c4ccc5sc6ccccc6c5c4)c4ccc5sc6c(-c7ccccc7)cccc6c5c4)c23)cc1. The Morgan fingerprint density at radius 1 is 0.293 bits per heavy atom. The van der Waals surface area contributed by atoms with E-state index in [4.69, 9.17) is 0 Å². The fourth-order valence-corrected chi connectivity index (χ4v) is 12.4. The smallest absolute Gasteiger partial charge is 0.0555 e. The van der Waals surface area contributed by atoms with Crippen LogP contribution < -0.4 is 4.90 Å². The number of fused-ring (bicyclic) bond motifs is 9. The lowest BCUT2D eigenvalue weighted by Crippen LogP contribution is -2.10. The third-order valence-electron chi connectivity index (χ3n) is 11.5. The lowest BCUT2D eigenvalue weighted by atomic mass is 9.98. The van der Waals surface area contributed by atoms with E-state index in [1.807, 2.05) is 34.0 Å². The van der Waals surface area contributed by atoms with Crippen LogP contribution in [0.25, 0.3) is 93.9 Å². The first-order chi connectivity index (χ1) is 28.7. The molecule has 0 bridgehead atoms. The molecule has 1 nitrogen and oxygen atoms in total. The van der Waals surface area contributed by atoms with Gasteiger partial charge in [0.2, 0.25) is 0 Å². The highest BCUT2D eigenvalue weighted by Gasteiger charge is 2.23. The molecule has 0 spiro atoms. The quantitative estimate of drug-likeness (QED) is 0.162. The Labute approximate surface area is 347 Å². The molecule has 12 rings (SSSR count). The lowest BCUT2D eigenvalue weighted by Gasteiger charge is -2.27. The molecule has 12 aromatic rings. The summed E-state index contributed by atoms with van der Waals surface area (Å²) < 4.78 is 7.82. The molecule has 0 aliphatic carbocycles. The molecule has 0 saturated carbocycles. The molecule has 0 aliphatic heterocycles. The third-order valence-corrected chi connectivity index (χ3v) is 15.0. The van der Waals surface area contributed by atoms with Gasteiger partial charge in [0.15, 0.2) is 0 Å². The van der Waals surface area contributed by atoms with E-state index >= 15 is 0 Å². The molecule has 0 unspecified atom stereocenters. The number of anilines is 3. The van der Waals surface area contributed by atoms with Crippen molar-refractivity contribution >= 4 is 112 Å². The Morgan fingerprint density at radius 2 is 0.862 bits per heavy atom. The summed E-state index contributed by atoms with van der Waals surface area (Å²) in [6, 6.07) is 73.8. The van der Waals surface area contributed by atoms with Gasteiger partial charge in [-0.25, -0.2) is 0 Å². The van der Waals surface area contributed by atoms with Crippen molar-refractivity contribution < 1.29 is 0 Å². The summed E-state index contributed by atoms with van der Waals surface area (Å²) in [5.41, 5.74) is 11.0. The number of rotatable bonds is 6. The van der Waals surface area contributed by atoms with Crippen molar-refractivity contribution in [2.45, 2.75) is 0 Å². The fourth-order valence-electron chi connectivity index (χ4n) is 8.75. The Kier molecular flexibility index (Phi) is 7.83. The third kappa shape index (κ3) is 5.41. The largest absolute Gasteiger partial charge is 0.310 e. The fraction of sp³-hybridized carbons (Fsp3) is 0. The van der Waals surface area contributed by atoms with Crippen LogP contribution in [-0.2, 0) is 0 Å². The standard InChI is InChI=1S/C54H33NS3/c1-4-13-34(14-5-1)37-23-26-44-51(31-37)58-54-41(36-17-8-3-9-18-36)27-28-47(52(44)54)55(38-24-29-49-45(32-38)42-19-10-11-22-48(42)56-49)39-25-30-50-46(33-39)43-21-12-20-40(53(43)57-50)35-15-6-2-7-16-35/h1-33H. The molecule has 0 fully saturated rings. The van der Waals surface area contributed by atoms with E-state index in [2.05, 4.69) is 205 Å². The Balaban J connectivity index is 1.14. The van der Waals surface area contributed by atoms with E-state index in [0.717, 1.165) is 11.4 Å². The molecule has 0 saturated heterocycles. The number of benzene rings is 9. The molecule has 3 heterocycles. The first-order valence-corrected chi connectivity index (χ1v) is 22.0. The van der Waals surface area contributed by atoms with Crippen molar-refractivity contribution in [1.82, 2.24) is 0 Å². The molecular weight excluding hydrogens is 759 g/mol. The minimum absolute atomic E-state index is 1.14. The number of hydrogen-bond donors (Lipinski definition) is 0. The van der Waals surface area contributed by atoms with Gasteiger partial charge in [-0.3, -0.25) is 0 Å². The van der Waals surface area contributed by atoms with Crippen molar-refractivity contribution in [3.05, 3.63) is 200 Å². The van der Waals surface area contributed by atoms with Gasteiger partial charge in [-0.05, 0) is 88.0 Å². The van der Waals surface area contributed by atoms with Crippen LogP contribution in [-0.4, -0.2) is 0 Å². The van der Waals surface area contributed by atoms with Gasteiger partial charge in [0.05, 0.1) is 5.69 Å². The second-order valence-electron chi connectivity index (χ2n) is 14.8. The lowest BCUT2D eigenvalue weighted by molar-refractivity contribution is 1.31. The van der Waals surface area contributed by atoms with Crippen molar-refractivity contribution in [2.24, 2.45) is 0 Å². The Morgan fingerprint density at radius 3 is 1.59 bits per heavy atom. The van der Waals surface area contributed by atoms with Gasteiger partial charge >= 0.3 is 0 Å². The van der Waals surface area contributed by atoms with Crippen LogP contribution in [0.4, 0.5) is 17.1 Å². The van der Waals surface area contributed by atoms with E-state index in [9.17, 15) is 0 Å². The molecule has 272 valence electrons. The molecule has 58 heavy (non-hydrogen) atoms. The minimum atomic E-state index is 1.14. The molecule has 0 atom stereocenters. The summed E-state index contributed by atoms with van der Waals surface area (Å²) in [6.07, 6.45) is 0. The predicted molar refractivity (Wildman–Crippen MR) is 256 cm³/mol. The first kappa shape index (κ1) is 33.6. The minimum Gasteiger partial charge on any atom is -0.310 e. The molecule has 0 N–H and O–H groups in total. The van der Waals surface area contributed by atoms with Gasteiger partial charge in [-0.2, -0.15) is 0 Å². The van der Waals surface area contributed by atoms with Gasteiger partial charge in [0, 0.05) is 71.9 Å². The second kappa shape index (κ2) is 13.5. The van der Waals surface area contributed by atoms with Crippen LogP contribution in [0.1, 0.15) is 0 Å². The topological polar surface area (TPSA) is 3.24 Å². The summed E-state index contributed by atoms with van der Waals surface area (Å²) in [6.45, 7) is 0. The normalized spacial score (nSPS) is 11.8. The highest BCUT2D eigenvalue weighted by Crippen LogP contribution is 2.51. The van der Waals surface area contributed by atoms with E-state index in [0.29, 0.717) is 0 Å². The molecule has 3 aromatic heterocycles. The number of nitrogens with zero attached hydrogens (tertiary/aromatic N) is 1. The Hall–Kier alpha value is -6.56. The number of thiophene rings is 3. The van der Waals surface area contributed by atoms with Crippen LogP contribution >= 0.6 is 34.0 Å². The summed E-state index contributed by atoms with van der Waals surface area (Å²) in [5.74, 6) is 0. The maximum Gasteiger partial charge on any atom is 0.0555 e. The maximum absolute atomic E-state index is 2.52. The Bertz CT molecular complexity index is 3500. The van der Waals surface area contributed by atoms with Crippen LogP contribution in [0.5, 0.6) is 0 Å². The van der Waals surface area contributed by atoms with Crippen molar-refractivity contribution in [3.63, 3.8) is 0 Å².